The van der Waals surface area contributed by atoms with Gasteiger partial charge in [0, 0.05) is 28.8 Å². The third-order valence-corrected chi connectivity index (χ3v) is 5.78. The Balaban J connectivity index is 1.95. The van der Waals surface area contributed by atoms with E-state index in [2.05, 4.69) is 15.3 Å². The zero-order valence-electron chi connectivity index (χ0n) is 16.6. The lowest BCUT2D eigenvalue weighted by atomic mass is 10.0. The van der Waals surface area contributed by atoms with E-state index in [1.54, 1.807) is 20.3 Å². The molecule has 1 fully saturated rings. The van der Waals surface area contributed by atoms with Gasteiger partial charge in [-0.25, -0.2) is 15.0 Å². The number of aromatic nitrogens is 3. The van der Waals surface area contributed by atoms with Crippen molar-refractivity contribution >= 4 is 40.1 Å². The molecule has 3 heterocycles. The average Bonchev–Trinajstić information content (AvgIpc) is 2.70. The molecule has 0 unspecified atom stereocenters. The van der Waals surface area contributed by atoms with E-state index in [0.29, 0.717) is 46.4 Å². The van der Waals surface area contributed by atoms with Crippen LogP contribution < -0.4 is 14.8 Å². The lowest BCUT2D eigenvalue weighted by molar-refractivity contribution is 0.0210. The monoisotopic (exact) mass is 432 g/mol. The molecule has 7 nitrogen and oxygen atoms in total. The van der Waals surface area contributed by atoms with Crippen LogP contribution in [0.15, 0.2) is 23.5 Å². The molecule has 152 valence electrons. The molecule has 1 aromatic carbocycles. The number of nitrogens with zero attached hydrogens (tertiary/aromatic N) is 3. The Morgan fingerprint density at radius 1 is 1.17 bits per heavy atom. The summed E-state index contributed by atoms with van der Waals surface area (Å²) < 4.78 is 16.3. The molecule has 0 aliphatic carbocycles. The second-order valence-corrected chi connectivity index (χ2v) is 7.78. The molecule has 2 aromatic heterocycles. The fourth-order valence-electron chi connectivity index (χ4n) is 3.23. The van der Waals surface area contributed by atoms with E-state index < -0.39 is 0 Å². The third kappa shape index (κ3) is 3.68. The number of fused-ring (bicyclic) bond motifs is 1. The van der Waals surface area contributed by atoms with Crippen molar-refractivity contribution in [2.45, 2.75) is 18.1 Å². The smallest absolute Gasteiger partial charge is 0.187 e. The van der Waals surface area contributed by atoms with Crippen molar-refractivity contribution in [3.8, 4) is 22.8 Å². The van der Waals surface area contributed by atoms with Crippen molar-refractivity contribution in [1.82, 2.24) is 15.0 Å². The lowest BCUT2D eigenvalue weighted by Crippen LogP contribution is -2.40. The number of hydrogen-bond donors (Lipinski definition) is 1. The average molecular weight is 433 g/mol. The van der Waals surface area contributed by atoms with E-state index in [-0.39, 0.29) is 6.04 Å². The summed E-state index contributed by atoms with van der Waals surface area (Å²) in [5.41, 5.74) is 3.10. The Morgan fingerprint density at radius 2 is 1.93 bits per heavy atom. The molecule has 9 heteroatoms. The minimum Gasteiger partial charge on any atom is -0.496 e. The van der Waals surface area contributed by atoms with Crippen LogP contribution in [0.1, 0.15) is 5.56 Å². The largest absolute Gasteiger partial charge is 0.496 e. The number of benzene rings is 1. The normalized spacial score (nSPS) is 14.0. The molecule has 0 atom stereocenters. The van der Waals surface area contributed by atoms with Crippen LogP contribution in [0.2, 0.25) is 5.02 Å². The van der Waals surface area contributed by atoms with Gasteiger partial charge in [0.15, 0.2) is 11.0 Å². The summed E-state index contributed by atoms with van der Waals surface area (Å²) in [6.07, 6.45) is 3.75. The SMILES string of the molecule is COc1cc(OC)c(Cl)c(-c2cc3cnc(SC)nc3c(NC3COC3)n2)c1C. The minimum atomic E-state index is 0.199. The summed E-state index contributed by atoms with van der Waals surface area (Å²) in [5.74, 6) is 1.89. The molecular formula is C20H21ClN4O3S. The first-order valence-electron chi connectivity index (χ1n) is 9.03. The van der Waals surface area contributed by atoms with Crippen LogP contribution in [-0.4, -0.2) is 54.7 Å². The molecule has 3 aromatic rings. The molecule has 4 rings (SSSR count). The Hall–Kier alpha value is -2.29. The van der Waals surface area contributed by atoms with Crippen molar-refractivity contribution in [1.29, 1.82) is 0 Å². The number of thioether (sulfide) groups is 1. The van der Waals surface area contributed by atoms with E-state index >= 15 is 0 Å². The van der Waals surface area contributed by atoms with Gasteiger partial charge in [-0.2, -0.15) is 0 Å². The van der Waals surface area contributed by atoms with Crippen molar-refractivity contribution < 1.29 is 14.2 Å². The first kappa shape index (κ1) is 20.0. The zero-order valence-corrected chi connectivity index (χ0v) is 18.1. The van der Waals surface area contributed by atoms with Gasteiger partial charge >= 0.3 is 0 Å². The minimum absolute atomic E-state index is 0.199. The molecule has 0 bridgehead atoms. The molecule has 0 spiro atoms. The highest BCUT2D eigenvalue weighted by molar-refractivity contribution is 7.98. The third-order valence-electron chi connectivity index (χ3n) is 4.84. The Labute approximate surface area is 178 Å². The second-order valence-electron chi connectivity index (χ2n) is 6.62. The van der Waals surface area contributed by atoms with Crippen LogP contribution in [0.5, 0.6) is 11.5 Å². The number of hydrogen-bond acceptors (Lipinski definition) is 8. The van der Waals surface area contributed by atoms with Crippen LogP contribution in [0.3, 0.4) is 0 Å². The van der Waals surface area contributed by atoms with Crippen molar-refractivity contribution in [3.63, 3.8) is 0 Å². The van der Waals surface area contributed by atoms with E-state index in [1.165, 1.54) is 11.8 Å². The Morgan fingerprint density at radius 3 is 2.55 bits per heavy atom. The number of pyridine rings is 1. The predicted molar refractivity (Wildman–Crippen MR) is 116 cm³/mol. The van der Waals surface area contributed by atoms with Gasteiger partial charge in [-0.1, -0.05) is 23.4 Å². The molecule has 1 aliphatic rings. The summed E-state index contributed by atoms with van der Waals surface area (Å²) in [6, 6.07) is 3.92. The number of rotatable bonds is 6. The van der Waals surface area contributed by atoms with Gasteiger partial charge in [-0.05, 0) is 19.2 Å². The quantitative estimate of drug-likeness (QED) is 0.458. The summed E-state index contributed by atoms with van der Waals surface area (Å²) >= 11 is 8.17. The molecule has 0 radical (unpaired) electrons. The second kappa shape index (κ2) is 8.22. The van der Waals surface area contributed by atoms with E-state index in [0.717, 1.165) is 22.0 Å². The van der Waals surface area contributed by atoms with Gasteiger partial charge in [0.2, 0.25) is 0 Å². The Bertz CT molecular complexity index is 1050. The number of ether oxygens (including phenoxy) is 3. The fourth-order valence-corrected chi connectivity index (χ4v) is 3.94. The van der Waals surface area contributed by atoms with Crippen LogP contribution in [0.4, 0.5) is 5.82 Å². The highest BCUT2D eigenvalue weighted by Crippen LogP contribution is 2.43. The molecule has 1 saturated heterocycles. The van der Waals surface area contributed by atoms with Gasteiger partial charge in [0.05, 0.1) is 44.2 Å². The maximum atomic E-state index is 6.68. The van der Waals surface area contributed by atoms with Crippen molar-refractivity contribution in [3.05, 3.63) is 28.9 Å². The first-order valence-corrected chi connectivity index (χ1v) is 10.6. The fraction of sp³-hybridized carbons (Fsp3) is 0.350. The molecule has 29 heavy (non-hydrogen) atoms. The summed E-state index contributed by atoms with van der Waals surface area (Å²) in [5, 5.41) is 5.48. The number of nitrogens with one attached hydrogen (secondary N) is 1. The van der Waals surface area contributed by atoms with E-state index in [9.17, 15) is 0 Å². The topological polar surface area (TPSA) is 78.4 Å². The molecule has 1 aliphatic heterocycles. The van der Waals surface area contributed by atoms with Crippen LogP contribution in [0, 0.1) is 6.92 Å². The maximum Gasteiger partial charge on any atom is 0.187 e. The molecular weight excluding hydrogens is 412 g/mol. The molecule has 1 N–H and O–H groups in total. The van der Waals surface area contributed by atoms with E-state index in [1.807, 2.05) is 25.4 Å². The van der Waals surface area contributed by atoms with Gasteiger partial charge in [0.25, 0.3) is 0 Å². The predicted octanol–water partition coefficient (Wildman–Crippen LogP) is 4.20. The van der Waals surface area contributed by atoms with Gasteiger partial charge in [0.1, 0.15) is 17.0 Å². The summed E-state index contributed by atoms with van der Waals surface area (Å²) in [7, 11) is 3.20. The van der Waals surface area contributed by atoms with Crippen LogP contribution >= 0.6 is 23.4 Å². The lowest BCUT2D eigenvalue weighted by Gasteiger charge is -2.28. The van der Waals surface area contributed by atoms with Gasteiger partial charge < -0.3 is 19.5 Å². The highest BCUT2D eigenvalue weighted by atomic mass is 35.5. The Kier molecular flexibility index (Phi) is 5.67. The molecule has 0 amide bonds. The van der Waals surface area contributed by atoms with Gasteiger partial charge in [-0.3, -0.25) is 0 Å². The van der Waals surface area contributed by atoms with Crippen LogP contribution in [-0.2, 0) is 4.74 Å². The number of halogens is 1. The van der Waals surface area contributed by atoms with Gasteiger partial charge in [-0.15, -0.1) is 0 Å². The van der Waals surface area contributed by atoms with Crippen molar-refractivity contribution in [2.24, 2.45) is 0 Å². The first-order chi connectivity index (χ1) is 14.0. The highest BCUT2D eigenvalue weighted by Gasteiger charge is 2.23. The molecule has 0 saturated carbocycles. The summed E-state index contributed by atoms with van der Waals surface area (Å²) in [4.78, 5) is 14.0. The summed E-state index contributed by atoms with van der Waals surface area (Å²) in [6.45, 7) is 3.23. The maximum absolute atomic E-state index is 6.68. The van der Waals surface area contributed by atoms with Crippen molar-refractivity contribution in [2.75, 3.05) is 39.0 Å². The number of methoxy groups -OCH3 is 2. The van der Waals surface area contributed by atoms with Crippen LogP contribution in [0.25, 0.3) is 22.2 Å². The standard InChI is InChI=1S/C20H21ClN4O3S/c1-10-14(26-2)6-15(27-3)17(21)16(10)13-5-11-7-22-20(29-4)25-18(11)19(24-13)23-12-8-28-9-12/h5-7,12H,8-9H2,1-4H3,(H,23,24). The number of anilines is 1. The van der Waals surface area contributed by atoms with E-state index in [4.69, 9.17) is 30.8 Å². The zero-order chi connectivity index (χ0) is 20.5.